The topological polar surface area (TPSA) is 37.3 Å². The molecule has 0 aliphatic heterocycles. The van der Waals surface area contributed by atoms with Crippen molar-refractivity contribution in [3.05, 3.63) is 53.6 Å². The van der Waals surface area contributed by atoms with Gasteiger partial charge in [-0.15, -0.1) is 0 Å². The van der Waals surface area contributed by atoms with Gasteiger partial charge in [0.05, 0.1) is 6.10 Å². The molecule has 0 saturated heterocycles. The van der Waals surface area contributed by atoms with E-state index < -0.39 is 6.10 Å². The number of benzene rings is 2. The highest BCUT2D eigenvalue weighted by molar-refractivity contribution is 6.09. The Hall–Kier alpha value is -1.93. The molecule has 0 amide bonds. The Kier molecular flexibility index (Phi) is 1.84. The first-order valence-corrected chi connectivity index (χ1v) is 6.20. The van der Waals surface area contributed by atoms with Gasteiger partial charge in [-0.25, -0.2) is 0 Å². The average molecular weight is 236 g/mol. The fraction of sp³-hybridized carbons (Fsp3) is 0.188. The molecule has 0 radical (unpaired) electrons. The molecule has 2 aromatic rings. The third-order valence-electron chi connectivity index (χ3n) is 4.08. The lowest BCUT2D eigenvalue weighted by Gasteiger charge is -2.29. The van der Waals surface area contributed by atoms with Gasteiger partial charge >= 0.3 is 0 Å². The summed E-state index contributed by atoms with van der Waals surface area (Å²) in [6.07, 6.45) is 1.58. The summed E-state index contributed by atoms with van der Waals surface area (Å²) in [5, 5.41) is 12.7. The molecule has 18 heavy (non-hydrogen) atoms. The zero-order valence-electron chi connectivity index (χ0n) is 9.76. The van der Waals surface area contributed by atoms with Gasteiger partial charge in [0.1, 0.15) is 0 Å². The van der Waals surface area contributed by atoms with Crippen LogP contribution in [0, 0.1) is 5.92 Å². The lowest BCUT2D eigenvalue weighted by Crippen LogP contribution is -2.17. The van der Waals surface area contributed by atoms with Crippen LogP contribution in [-0.4, -0.2) is 10.9 Å². The zero-order chi connectivity index (χ0) is 12.3. The quantitative estimate of drug-likeness (QED) is 0.763. The van der Waals surface area contributed by atoms with Gasteiger partial charge in [0.15, 0.2) is 5.78 Å². The molecule has 4 rings (SSSR count). The Labute approximate surface area is 105 Å². The van der Waals surface area contributed by atoms with Crippen molar-refractivity contribution in [2.45, 2.75) is 12.5 Å². The van der Waals surface area contributed by atoms with Crippen LogP contribution in [0.25, 0.3) is 16.3 Å². The number of carbonyl (C=O) groups is 1. The van der Waals surface area contributed by atoms with Gasteiger partial charge in [-0.3, -0.25) is 4.79 Å². The molecule has 2 aliphatic rings. The van der Waals surface area contributed by atoms with Crippen LogP contribution in [0.2, 0.25) is 0 Å². The van der Waals surface area contributed by atoms with Crippen LogP contribution in [0.4, 0.5) is 0 Å². The molecule has 0 bridgehead atoms. The Morgan fingerprint density at radius 1 is 1.11 bits per heavy atom. The molecule has 0 fully saturated rings. The summed E-state index contributed by atoms with van der Waals surface area (Å²) in [7, 11) is 0. The summed E-state index contributed by atoms with van der Waals surface area (Å²) in [5.74, 6) is 0.0665. The van der Waals surface area contributed by atoms with E-state index in [0.717, 1.165) is 27.5 Å². The molecule has 88 valence electrons. The highest BCUT2D eigenvalue weighted by atomic mass is 16.3. The Morgan fingerprint density at radius 2 is 1.89 bits per heavy atom. The molecule has 2 atom stereocenters. The van der Waals surface area contributed by atoms with E-state index in [4.69, 9.17) is 0 Å². The zero-order valence-corrected chi connectivity index (χ0v) is 9.76. The van der Waals surface area contributed by atoms with E-state index in [1.54, 1.807) is 6.08 Å². The third kappa shape index (κ3) is 1.13. The SMILES string of the molecule is O=C1C=C2c3cccc4cccc(c34)C(O)C2C1. The first-order valence-electron chi connectivity index (χ1n) is 6.20. The van der Waals surface area contributed by atoms with E-state index >= 15 is 0 Å². The van der Waals surface area contributed by atoms with Gasteiger partial charge in [0.2, 0.25) is 0 Å². The molecule has 2 heteroatoms. The maximum Gasteiger partial charge on any atom is 0.156 e. The molecule has 0 heterocycles. The van der Waals surface area contributed by atoms with E-state index in [-0.39, 0.29) is 11.7 Å². The molecule has 0 saturated carbocycles. The fourth-order valence-corrected chi connectivity index (χ4v) is 3.30. The van der Waals surface area contributed by atoms with Gasteiger partial charge in [-0.1, -0.05) is 36.4 Å². The van der Waals surface area contributed by atoms with Crippen LogP contribution < -0.4 is 0 Å². The molecule has 0 aromatic heterocycles. The van der Waals surface area contributed by atoms with Gasteiger partial charge in [-0.05, 0) is 33.5 Å². The van der Waals surface area contributed by atoms with Crippen LogP contribution in [0.15, 0.2) is 42.5 Å². The fourth-order valence-electron chi connectivity index (χ4n) is 3.30. The third-order valence-corrected chi connectivity index (χ3v) is 4.08. The molecule has 2 unspecified atom stereocenters. The summed E-state index contributed by atoms with van der Waals surface area (Å²) in [6, 6.07) is 12.1. The van der Waals surface area contributed by atoms with Crippen LogP contribution in [0.5, 0.6) is 0 Å². The first kappa shape index (κ1) is 10.0. The summed E-state index contributed by atoms with van der Waals surface area (Å²) in [5.41, 5.74) is 3.08. The number of hydrogen-bond donors (Lipinski definition) is 1. The molecule has 0 spiro atoms. The molecular weight excluding hydrogens is 224 g/mol. The largest absolute Gasteiger partial charge is 0.388 e. The molecule has 2 aliphatic carbocycles. The summed E-state index contributed by atoms with van der Waals surface area (Å²) in [4.78, 5) is 11.6. The number of allylic oxidation sites excluding steroid dienone is 1. The van der Waals surface area contributed by atoms with Crippen molar-refractivity contribution in [3.63, 3.8) is 0 Å². The second-order valence-corrected chi connectivity index (χ2v) is 5.07. The van der Waals surface area contributed by atoms with E-state index in [1.165, 1.54) is 0 Å². The number of rotatable bonds is 0. The first-order chi connectivity index (χ1) is 8.75. The highest BCUT2D eigenvalue weighted by Gasteiger charge is 2.37. The molecule has 1 N–H and O–H groups in total. The number of hydrogen-bond acceptors (Lipinski definition) is 2. The van der Waals surface area contributed by atoms with Crippen molar-refractivity contribution in [1.82, 2.24) is 0 Å². The van der Waals surface area contributed by atoms with Crippen molar-refractivity contribution < 1.29 is 9.90 Å². The van der Waals surface area contributed by atoms with Crippen LogP contribution >= 0.6 is 0 Å². The number of fused-ring (bicyclic) bond motifs is 2. The summed E-state index contributed by atoms with van der Waals surface area (Å²) < 4.78 is 0. The van der Waals surface area contributed by atoms with E-state index in [9.17, 15) is 9.90 Å². The predicted molar refractivity (Wildman–Crippen MR) is 70.0 cm³/mol. The van der Waals surface area contributed by atoms with Crippen molar-refractivity contribution in [1.29, 1.82) is 0 Å². The maximum absolute atomic E-state index is 11.6. The van der Waals surface area contributed by atoms with Gasteiger partial charge in [0.25, 0.3) is 0 Å². The van der Waals surface area contributed by atoms with Gasteiger partial charge in [0, 0.05) is 12.3 Å². The standard InChI is InChI=1S/C16H12O2/c17-10-7-13-11-5-1-3-9-4-2-6-12(15(9)11)16(18)14(13)8-10/h1-7,14,16,18H,8H2. The lowest BCUT2D eigenvalue weighted by molar-refractivity contribution is -0.115. The number of ketones is 1. The Bertz CT molecular complexity index is 707. The smallest absolute Gasteiger partial charge is 0.156 e. The summed E-state index contributed by atoms with van der Waals surface area (Å²) in [6.45, 7) is 0. The minimum absolute atomic E-state index is 0.0574. The van der Waals surface area contributed by atoms with Crippen molar-refractivity contribution in [3.8, 4) is 0 Å². The second kappa shape index (κ2) is 3.30. The van der Waals surface area contributed by atoms with Crippen LogP contribution in [-0.2, 0) is 4.79 Å². The highest BCUT2D eigenvalue weighted by Crippen LogP contribution is 2.48. The maximum atomic E-state index is 11.6. The second-order valence-electron chi connectivity index (χ2n) is 5.07. The van der Waals surface area contributed by atoms with E-state index in [1.807, 2.05) is 30.3 Å². The monoisotopic (exact) mass is 236 g/mol. The normalized spacial score (nSPS) is 25.2. The van der Waals surface area contributed by atoms with E-state index in [0.29, 0.717) is 6.42 Å². The predicted octanol–water partition coefficient (Wildman–Crippen LogP) is 2.86. The van der Waals surface area contributed by atoms with Crippen molar-refractivity contribution in [2.75, 3.05) is 0 Å². The van der Waals surface area contributed by atoms with Gasteiger partial charge in [-0.2, -0.15) is 0 Å². The minimum atomic E-state index is -0.554. The Morgan fingerprint density at radius 3 is 2.72 bits per heavy atom. The van der Waals surface area contributed by atoms with Gasteiger partial charge < -0.3 is 5.11 Å². The minimum Gasteiger partial charge on any atom is -0.388 e. The molecule has 2 aromatic carbocycles. The van der Waals surface area contributed by atoms with Crippen LogP contribution in [0.3, 0.4) is 0 Å². The molecule has 2 nitrogen and oxygen atoms in total. The number of aliphatic hydroxyl groups excluding tert-OH is 1. The molecular formula is C16H12O2. The van der Waals surface area contributed by atoms with Crippen LogP contribution in [0.1, 0.15) is 23.7 Å². The lowest BCUT2D eigenvalue weighted by atomic mass is 9.77. The average Bonchev–Trinajstić information content (AvgIpc) is 2.78. The summed E-state index contributed by atoms with van der Waals surface area (Å²) >= 11 is 0. The number of aliphatic hydroxyl groups is 1. The number of carbonyl (C=O) groups excluding carboxylic acids is 1. The van der Waals surface area contributed by atoms with Crippen molar-refractivity contribution >= 4 is 22.1 Å². The van der Waals surface area contributed by atoms with E-state index in [2.05, 4.69) is 6.07 Å². The van der Waals surface area contributed by atoms with Crippen molar-refractivity contribution in [2.24, 2.45) is 5.92 Å². The Balaban J connectivity index is 2.15.